The van der Waals surface area contributed by atoms with E-state index in [1.54, 1.807) is 35.5 Å². The first-order valence-corrected chi connectivity index (χ1v) is 8.51. The summed E-state index contributed by atoms with van der Waals surface area (Å²) >= 11 is 0. The van der Waals surface area contributed by atoms with E-state index >= 15 is 0 Å². The molecule has 2 aromatic rings. The van der Waals surface area contributed by atoms with E-state index in [9.17, 15) is 0 Å². The lowest BCUT2D eigenvalue weighted by Crippen LogP contribution is -2.36. The lowest BCUT2D eigenvalue weighted by molar-refractivity contribution is 0.323. The SMILES string of the molecule is CN=C(NCc1ccc(OC)cc1)NCc1cc(OC)c(OC)c(OC)c1.I. The molecule has 0 bridgehead atoms. The first-order valence-electron chi connectivity index (χ1n) is 8.51. The molecule has 0 saturated carbocycles. The topological polar surface area (TPSA) is 73.3 Å². The van der Waals surface area contributed by atoms with Gasteiger partial charge in [-0.3, -0.25) is 4.99 Å². The maximum Gasteiger partial charge on any atom is 0.203 e. The molecule has 0 spiro atoms. The predicted molar refractivity (Wildman–Crippen MR) is 122 cm³/mol. The van der Waals surface area contributed by atoms with Crippen molar-refractivity contribution in [3.63, 3.8) is 0 Å². The highest BCUT2D eigenvalue weighted by molar-refractivity contribution is 14.0. The molecule has 0 amide bonds. The van der Waals surface area contributed by atoms with E-state index in [0.717, 1.165) is 16.9 Å². The summed E-state index contributed by atoms with van der Waals surface area (Å²) in [6, 6.07) is 11.7. The highest BCUT2D eigenvalue weighted by atomic mass is 127. The second-order valence-electron chi connectivity index (χ2n) is 5.66. The minimum atomic E-state index is 0. The van der Waals surface area contributed by atoms with Crippen molar-refractivity contribution in [3.8, 4) is 23.0 Å². The van der Waals surface area contributed by atoms with E-state index < -0.39 is 0 Å². The third-order valence-corrected chi connectivity index (χ3v) is 4.03. The average molecular weight is 501 g/mol. The predicted octanol–water partition coefficient (Wildman–Crippen LogP) is 3.20. The lowest BCUT2D eigenvalue weighted by Gasteiger charge is -2.16. The molecule has 0 aliphatic rings. The van der Waals surface area contributed by atoms with Gasteiger partial charge in [0, 0.05) is 20.1 Å². The molecule has 7 nitrogen and oxygen atoms in total. The number of methoxy groups -OCH3 is 4. The summed E-state index contributed by atoms with van der Waals surface area (Å²) in [4.78, 5) is 4.25. The maximum absolute atomic E-state index is 5.39. The summed E-state index contributed by atoms with van der Waals surface area (Å²) in [6.07, 6.45) is 0. The van der Waals surface area contributed by atoms with E-state index in [1.165, 1.54) is 0 Å². The number of nitrogens with one attached hydrogen (secondary N) is 2. The van der Waals surface area contributed by atoms with Gasteiger partial charge in [0.15, 0.2) is 17.5 Å². The van der Waals surface area contributed by atoms with E-state index in [1.807, 2.05) is 36.4 Å². The molecule has 0 unspecified atom stereocenters. The zero-order valence-corrected chi connectivity index (χ0v) is 19.2. The molecule has 0 aliphatic heterocycles. The van der Waals surface area contributed by atoms with Crippen LogP contribution in [0.5, 0.6) is 23.0 Å². The van der Waals surface area contributed by atoms with Crippen LogP contribution in [0.25, 0.3) is 0 Å². The van der Waals surface area contributed by atoms with Crippen LogP contribution < -0.4 is 29.6 Å². The van der Waals surface area contributed by atoms with Crippen LogP contribution >= 0.6 is 24.0 Å². The summed E-state index contributed by atoms with van der Waals surface area (Å²) in [5, 5.41) is 6.56. The van der Waals surface area contributed by atoms with Gasteiger partial charge in [-0.25, -0.2) is 0 Å². The van der Waals surface area contributed by atoms with E-state index in [2.05, 4.69) is 15.6 Å². The van der Waals surface area contributed by atoms with Crippen molar-refractivity contribution in [2.45, 2.75) is 13.1 Å². The molecule has 154 valence electrons. The number of hydrogen-bond acceptors (Lipinski definition) is 5. The Balaban J connectivity index is 0.00000392. The first-order chi connectivity index (χ1) is 13.1. The molecular formula is C20H28IN3O4. The summed E-state index contributed by atoms with van der Waals surface area (Å²) in [6.45, 7) is 1.21. The van der Waals surface area contributed by atoms with Crippen LogP contribution in [0.3, 0.4) is 0 Å². The van der Waals surface area contributed by atoms with Crippen molar-refractivity contribution in [1.29, 1.82) is 0 Å². The fourth-order valence-electron chi connectivity index (χ4n) is 2.57. The van der Waals surface area contributed by atoms with Crippen LogP contribution in [0, 0.1) is 0 Å². The second kappa shape index (κ2) is 12.2. The van der Waals surface area contributed by atoms with Gasteiger partial charge >= 0.3 is 0 Å². The first kappa shape index (κ1) is 23.7. The number of aliphatic imine (C=N–C) groups is 1. The Morgan fingerprint density at radius 3 is 1.75 bits per heavy atom. The van der Waals surface area contributed by atoms with Gasteiger partial charge in [-0.15, -0.1) is 24.0 Å². The highest BCUT2D eigenvalue weighted by Gasteiger charge is 2.13. The fourth-order valence-corrected chi connectivity index (χ4v) is 2.57. The maximum atomic E-state index is 5.39. The van der Waals surface area contributed by atoms with E-state index in [-0.39, 0.29) is 24.0 Å². The molecular weight excluding hydrogens is 473 g/mol. The molecule has 0 aromatic heterocycles. The van der Waals surface area contributed by atoms with Gasteiger partial charge in [0.25, 0.3) is 0 Å². The van der Waals surface area contributed by atoms with Crippen molar-refractivity contribution < 1.29 is 18.9 Å². The number of hydrogen-bond donors (Lipinski definition) is 2. The Kier molecular flexibility index (Phi) is 10.3. The zero-order chi connectivity index (χ0) is 19.6. The Hall–Kier alpha value is -2.36. The molecule has 0 heterocycles. The average Bonchev–Trinajstić information content (AvgIpc) is 2.73. The van der Waals surface area contributed by atoms with Crippen molar-refractivity contribution in [3.05, 3.63) is 47.5 Å². The monoisotopic (exact) mass is 501 g/mol. The number of ether oxygens (including phenoxy) is 4. The molecule has 2 aromatic carbocycles. The Bertz CT molecular complexity index is 742. The van der Waals surface area contributed by atoms with Crippen molar-refractivity contribution in [1.82, 2.24) is 10.6 Å². The molecule has 0 fully saturated rings. The van der Waals surface area contributed by atoms with Crippen LogP contribution in [-0.2, 0) is 13.1 Å². The van der Waals surface area contributed by atoms with Crippen LogP contribution in [0.1, 0.15) is 11.1 Å². The summed E-state index contributed by atoms with van der Waals surface area (Å²) in [5.41, 5.74) is 2.11. The van der Waals surface area contributed by atoms with E-state index in [0.29, 0.717) is 36.3 Å². The standard InChI is InChI=1S/C20H27N3O4.HI/c1-21-20(22-12-14-6-8-16(24-2)9-7-14)23-13-15-10-17(25-3)19(27-5)18(11-15)26-4;/h6-11H,12-13H2,1-5H3,(H2,21,22,23);1H. The van der Waals surface area contributed by atoms with Crippen molar-refractivity contribution in [2.75, 3.05) is 35.5 Å². The number of nitrogens with zero attached hydrogens (tertiary/aromatic N) is 1. The molecule has 8 heteroatoms. The van der Waals surface area contributed by atoms with Gasteiger partial charge in [-0.1, -0.05) is 12.1 Å². The summed E-state index contributed by atoms with van der Waals surface area (Å²) < 4.78 is 21.3. The summed E-state index contributed by atoms with van der Waals surface area (Å²) in [5.74, 6) is 3.35. The zero-order valence-electron chi connectivity index (χ0n) is 16.9. The number of halogens is 1. The van der Waals surface area contributed by atoms with Gasteiger partial charge < -0.3 is 29.6 Å². The van der Waals surface area contributed by atoms with Gasteiger partial charge in [0.1, 0.15) is 5.75 Å². The molecule has 2 N–H and O–H groups in total. The van der Waals surface area contributed by atoms with E-state index in [4.69, 9.17) is 18.9 Å². The Morgan fingerprint density at radius 1 is 0.786 bits per heavy atom. The third kappa shape index (κ3) is 6.36. The Labute approximate surface area is 183 Å². The lowest BCUT2D eigenvalue weighted by atomic mass is 10.2. The van der Waals surface area contributed by atoms with Crippen LogP contribution in [0.4, 0.5) is 0 Å². The van der Waals surface area contributed by atoms with Crippen LogP contribution in [0.15, 0.2) is 41.4 Å². The minimum absolute atomic E-state index is 0. The van der Waals surface area contributed by atoms with Crippen LogP contribution in [-0.4, -0.2) is 41.4 Å². The van der Waals surface area contributed by atoms with Crippen molar-refractivity contribution in [2.24, 2.45) is 4.99 Å². The fraction of sp³-hybridized carbons (Fsp3) is 0.350. The molecule has 2 rings (SSSR count). The minimum Gasteiger partial charge on any atom is -0.497 e. The molecule has 0 saturated heterocycles. The largest absolute Gasteiger partial charge is 0.497 e. The molecule has 0 atom stereocenters. The highest BCUT2D eigenvalue weighted by Crippen LogP contribution is 2.38. The van der Waals surface area contributed by atoms with Crippen molar-refractivity contribution >= 4 is 29.9 Å². The number of benzene rings is 2. The molecule has 0 radical (unpaired) electrons. The number of rotatable bonds is 8. The molecule has 28 heavy (non-hydrogen) atoms. The van der Waals surface area contributed by atoms with Gasteiger partial charge in [0.2, 0.25) is 5.75 Å². The van der Waals surface area contributed by atoms with Gasteiger partial charge in [0.05, 0.1) is 28.4 Å². The smallest absolute Gasteiger partial charge is 0.203 e. The molecule has 0 aliphatic carbocycles. The van der Waals surface area contributed by atoms with Crippen LogP contribution in [0.2, 0.25) is 0 Å². The quantitative estimate of drug-likeness (QED) is 0.329. The summed E-state index contributed by atoms with van der Waals surface area (Å²) in [7, 11) is 8.18. The van der Waals surface area contributed by atoms with Gasteiger partial charge in [-0.2, -0.15) is 0 Å². The third-order valence-electron chi connectivity index (χ3n) is 4.03. The number of guanidine groups is 1. The Morgan fingerprint density at radius 2 is 1.32 bits per heavy atom. The normalized spacial score (nSPS) is 10.5. The second-order valence-corrected chi connectivity index (χ2v) is 5.66. The van der Waals surface area contributed by atoms with Gasteiger partial charge in [-0.05, 0) is 35.4 Å².